The fraction of sp³-hybridized carbons (Fsp3) is 0.240. The summed E-state index contributed by atoms with van der Waals surface area (Å²) in [5.74, 6) is -1.05. The molecule has 0 saturated carbocycles. The molecule has 0 aliphatic heterocycles. The normalized spacial score (nSPS) is 13.2. The highest BCUT2D eigenvalue weighted by Gasteiger charge is 2.44. The van der Waals surface area contributed by atoms with Crippen molar-refractivity contribution in [3.05, 3.63) is 101 Å². The Kier molecular flexibility index (Phi) is 8.64. The standard InChI is InChI=1S/C25H22F5NO4/c26-19-11-9-18(10-12-19)22(32)21(31-24(33)34-15-16-5-2-1-3-6-16)14-17-7-4-8-20(13-17)35-25(29,30)23(27)28/h1-13,21-23,32H,14-15H2,(H,31,33). The van der Waals surface area contributed by atoms with Crippen LogP contribution < -0.4 is 10.1 Å². The van der Waals surface area contributed by atoms with Crippen LogP contribution in [-0.4, -0.2) is 29.8 Å². The number of nitrogens with one attached hydrogen (secondary N) is 1. The van der Waals surface area contributed by atoms with E-state index in [1.54, 1.807) is 30.3 Å². The van der Waals surface area contributed by atoms with E-state index in [-0.39, 0.29) is 18.6 Å². The Morgan fingerprint density at radius 1 is 0.943 bits per heavy atom. The molecule has 2 unspecified atom stereocenters. The molecule has 0 aliphatic rings. The summed E-state index contributed by atoms with van der Waals surface area (Å²) in [4.78, 5) is 12.4. The average Bonchev–Trinajstić information content (AvgIpc) is 2.83. The number of carbonyl (C=O) groups excluding carboxylic acids is 1. The Labute approximate surface area is 198 Å². The number of carbonyl (C=O) groups is 1. The molecule has 2 atom stereocenters. The fourth-order valence-electron chi connectivity index (χ4n) is 3.24. The number of aliphatic hydroxyl groups is 1. The minimum atomic E-state index is -4.69. The lowest BCUT2D eigenvalue weighted by Gasteiger charge is -2.25. The molecule has 0 spiro atoms. The lowest BCUT2D eigenvalue weighted by molar-refractivity contribution is -0.253. The molecule has 10 heteroatoms. The van der Waals surface area contributed by atoms with E-state index >= 15 is 0 Å². The third kappa shape index (κ3) is 7.68. The summed E-state index contributed by atoms with van der Waals surface area (Å²) < 4.78 is 74.1. The second-order valence-electron chi connectivity index (χ2n) is 7.63. The SMILES string of the molecule is O=C(NC(Cc1cccc(OC(F)(F)C(F)F)c1)C(O)c1ccc(F)cc1)OCc1ccccc1. The lowest BCUT2D eigenvalue weighted by Crippen LogP contribution is -2.41. The van der Waals surface area contributed by atoms with Crippen LogP contribution in [0.3, 0.4) is 0 Å². The first-order valence-corrected chi connectivity index (χ1v) is 10.5. The van der Waals surface area contributed by atoms with Crippen molar-refractivity contribution < 1.29 is 41.3 Å². The highest BCUT2D eigenvalue weighted by atomic mass is 19.3. The predicted octanol–water partition coefficient (Wildman–Crippen LogP) is 5.63. The maximum atomic E-state index is 13.3. The van der Waals surface area contributed by atoms with Crippen molar-refractivity contribution in [3.8, 4) is 5.75 Å². The second kappa shape index (κ2) is 11.7. The first-order valence-electron chi connectivity index (χ1n) is 10.5. The van der Waals surface area contributed by atoms with Gasteiger partial charge in [-0.3, -0.25) is 0 Å². The Morgan fingerprint density at radius 2 is 1.60 bits per heavy atom. The molecule has 0 fully saturated rings. The number of amides is 1. The van der Waals surface area contributed by atoms with Gasteiger partial charge in [-0.2, -0.15) is 17.6 Å². The Bertz CT molecular complexity index is 1100. The number of aliphatic hydroxyl groups excluding tert-OH is 1. The lowest BCUT2D eigenvalue weighted by atomic mass is 9.96. The monoisotopic (exact) mass is 495 g/mol. The Hall–Kier alpha value is -3.66. The van der Waals surface area contributed by atoms with Crippen molar-refractivity contribution in [2.75, 3.05) is 0 Å². The third-order valence-corrected chi connectivity index (χ3v) is 4.97. The number of halogens is 5. The molecule has 186 valence electrons. The number of rotatable bonds is 10. The van der Waals surface area contributed by atoms with Crippen molar-refractivity contribution in [2.45, 2.75) is 37.7 Å². The molecule has 0 heterocycles. The summed E-state index contributed by atoms with van der Waals surface area (Å²) in [5, 5.41) is 13.4. The molecular weight excluding hydrogens is 473 g/mol. The summed E-state index contributed by atoms with van der Waals surface area (Å²) in [7, 11) is 0. The smallest absolute Gasteiger partial charge is 0.445 e. The van der Waals surface area contributed by atoms with Gasteiger partial charge >= 0.3 is 18.6 Å². The van der Waals surface area contributed by atoms with Gasteiger partial charge in [0.05, 0.1) is 12.1 Å². The predicted molar refractivity (Wildman–Crippen MR) is 117 cm³/mol. The summed E-state index contributed by atoms with van der Waals surface area (Å²) >= 11 is 0. The van der Waals surface area contributed by atoms with Crippen LogP contribution in [0.1, 0.15) is 22.8 Å². The average molecular weight is 495 g/mol. The fourth-order valence-corrected chi connectivity index (χ4v) is 3.24. The van der Waals surface area contributed by atoms with Gasteiger partial charge in [-0.15, -0.1) is 0 Å². The van der Waals surface area contributed by atoms with Gasteiger partial charge in [0.15, 0.2) is 0 Å². The Balaban J connectivity index is 1.76. The van der Waals surface area contributed by atoms with Gasteiger partial charge < -0.3 is 19.9 Å². The van der Waals surface area contributed by atoms with Gasteiger partial charge in [0, 0.05) is 0 Å². The van der Waals surface area contributed by atoms with Crippen molar-refractivity contribution in [1.82, 2.24) is 5.32 Å². The van der Waals surface area contributed by atoms with E-state index in [2.05, 4.69) is 10.1 Å². The minimum absolute atomic E-state index is 0.0436. The van der Waals surface area contributed by atoms with Crippen molar-refractivity contribution in [2.24, 2.45) is 0 Å². The summed E-state index contributed by atoms with van der Waals surface area (Å²) in [6.07, 6.45) is -11.0. The molecule has 0 radical (unpaired) electrons. The minimum Gasteiger partial charge on any atom is -0.445 e. The van der Waals surface area contributed by atoms with Gasteiger partial charge in [0.2, 0.25) is 0 Å². The molecule has 0 bridgehead atoms. The van der Waals surface area contributed by atoms with E-state index in [0.29, 0.717) is 5.56 Å². The van der Waals surface area contributed by atoms with E-state index in [1.165, 1.54) is 24.3 Å². The molecule has 35 heavy (non-hydrogen) atoms. The molecular formula is C25H22F5NO4. The van der Waals surface area contributed by atoms with Crippen LogP contribution in [0.5, 0.6) is 5.75 Å². The number of alkyl halides is 4. The van der Waals surface area contributed by atoms with E-state index in [4.69, 9.17) is 4.74 Å². The van der Waals surface area contributed by atoms with Gasteiger partial charge in [-0.05, 0) is 47.4 Å². The number of hydrogen-bond donors (Lipinski definition) is 2. The van der Waals surface area contributed by atoms with Crippen LogP contribution in [0.25, 0.3) is 0 Å². The zero-order valence-electron chi connectivity index (χ0n) is 18.2. The van der Waals surface area contributed by atoms with E-state index in [0.717, 1.165) is 29.8 Å². The maximum Gasteiger partial charge on any atom is 0.461 e. The third-order valence-electron chi connectivity index (χ3n) is 4.97. The van der Waals surface area contributed by atoms with Crippen LogP contribution in [0.2, 0.25) is 0 Å². The number of ether oxygens (including phenoxy) is 2. The molecule has 0 aromatic heterocycles. The van der Waals surface area contributed by atoms with Gasteiger partial charge in [0.1, 0.15) is 18.2 Å². The number of hydrogen-bond acceptors (Lipinski definition) is 4. The molecule has 3 aromatic rings. The highest BCUT2D eigenvalue weighted by molar-refractivity contribution is 5.67. The van der Waals surface area contributed by atoms with Crippen molar-refractivity contribution in [1.29, 1.82) is 0 Å². The van der Waals surface area contributed by atoms with E-state index < -0.39 is 42.3 Å². The molecule has 3 rings (SSSR count). The van der Waals surface area contributed by atoms with Gasteiger partial charge in [-0.1, -0.05) is 54.6 Å². The quantitative estimate of drug-likeness (QED) is 0.358. The van der Waals surface area contributed by atoms with Crippen LogP contribution in [-0.2, 0) is 17.8 Å². The van der Waals surface area contributed by atoms with E-state index in [1.807, 2.05) is 0 Å². The molecule has 2 N–H and O–H groups in total. The van der Waals surface area contributed by atoms with Gasteiger partial charge in [0.25, 0.3) is 0 Å². The number of benzene rings is 3. The molecule has 5 nitrogen and oxygen atoms in total. The van der Waals surface area contributed by atoms with Crippen molar-refractivity contribution in [3.63, 3.8) is 0 Å². The Morgan fingerprint density at radius 3 is 2.26 bits per heavy atom. The first kappa shape index (κ1) is 26.0. The molecule has 0 aliphatic carbocycles. The molecule has 0 saturated heterocycles. The van der Waals surface area contributed by atoms with Gasteiger partial charge in [-0.25, -0.2) is 9.18 Å². The first-order chi connectivity index (χ1) is 16.6. The second-order valence-corrected chi connectivity index (χ2v) is 7.63. The van der Waals surface area contributed by atoms with Crippen LogP contribution in [0, 0.1) is 5.82 Å². The van der Waals surface area contributed by atoms with Crippen LogP contribution in [0.4, 0.5) is 26.7 Å². The van der Waals surface area contributed by atoms with Crippen molar-refractivity contribution >= 4 is 6.09 Å². The molecule has 3 aromatic carbocycles. The van der Waals surface area contributed by atoms with Crippen LogP contribution in [0.15, 0.2) is 78.9 Å². The summed E-state index contributed by atoms with van der Waals surface area (Å²) in [6, 6.07) is 17.7. The zero-order valence-corrected chi connectivity index (χ0v) is 18.2. The largest absolute Gasteiger partial charge is 0.461 e. The topological polar surface area (TPSA) is 67.8 Å². The maximum absolute atomic E-state index is 13.3. The zero-order chi connectivity index (χ0) is 25.4. The number of alkyl carbamates (subject to hydrolysis) is 1. The highest BCUT2D eigenvalue weighted by Crippen LogP contribution is 2.29. The summed E-state index contributed by atoms with van der Waals surface area (Å²) in [5.41, 5.74) is 1.29. The van der Waals surface area contributed by atoms with E-state index in [9.17, 15) is 31.9 Å². The molecule has 1 amide bonds. The van der Waals surface area contributed by atoms with Crippen LogP contribution >= 0.6 is 0 Å². The summed E-state index contributed by atoms with van der Waals surface area (Å²) in [6.45, 7) is -0.0436.